The first-order valence-corrected chi connectivity index (χ1v) is 14.4. The standard InChI is InChI=1S/C29H32B2BrNO7/c1-3-17-13-22-27(29(36)33(28(22)35)21-6-4-5-19(14-21)31(38)39)23-15-30(37)40-25(26(17)23)10-7-16(2)11-18-12-20(32)8-9-24(18)34/h4-6,8-9,11-12,14,22-23,25,27,34,37-39H,3,7,10,13,15H2,1-2H3/b16-11+/t22-,23+,25-,27-/m1/s1. The predicted octanol–water partition coefficient (Wildman–Crippen LogP) is 3.43. The maximum absolute atomic E-state index is 13.8. The topological polar surface area (TPSA) is 128 Å². The number of rotatable bonds is 7. The van der Waals surface area contributed by atoms with Crippen LogP contribution in [0, 0.1) is 17.8 Å². The second kappa shape index (κ2) is 11.7. The van der Waals surface area contributed by atoms with E-state index in [0.29, 0.717) is 36.9 Å². The summed E-state index contributed by atoms with van der Waals surface area (Å²) in [7, 11) is -2.77. The van der Waals surface area contributed by atoms with Crippen molar-refractivity contribution in [2.24, 2.45) is 17.8 Å². The molecular weight excluding hydrogens is 576 g/mol. The summed E-state index contributed by atoms with van der Waals surface area (Å²) in [6.07, 6.45) is 4.17. The number of halogens is 1. The van der Waals surface area contributed by atoms with Crippen LogP contribution < -0.4 is 10.4 Å². The third-order valence-corrected chi connectivity index (χ3v) is 8.85. The largest absolute Gasteiger partial charge is 0.507 e. The summed E-state index contributed by atoms with van der Waals surface area (Å²) in [5, 5.41) is 40.2. The summed E-state index contributed by atoms with van der Waals surface area (Å²) >= 11 is 3.44. The molecule has 0 aromatic heterocycles. The summed E-state index contributed by atoms with van der Waals surface area (Å²) in [6, 6.07) is 11.4. The van der Waals surface area contributed by atoms with Crippen molar-refractivity contribution in [2.45, 2.75) is 52.0 Å². The highest BCUT2D eigenvalue weighted by Crippen LogP contribution is 2.51. The average Bonchev–Trinajstić information content (AvgIpc) is 3.18. The number of amides is 2. The summed E-state index contributed by atoms with van der Waals surface area (Å²) < 4.78 is 6.91. The van der Waals surface area contributed by atoms with E-state index in [0.717, 1.165) is 21.2 Å². The molecule has 40 heavy (non-hydrogen) atoms. The van der Waals surface area contributed by atoms with Crippen molar-refractivity contribution in [3.8, 4) is 5.75 Å². The van der Waals surface area contributed by atoms with Gasteiger partial charge in [0.15, 0.2) is 0 Å². The maximum atomic E-state index is 13.8. The number of carbonyl (C=O) groups is 2. The molecule has 2 aromatic carbocycles. The van der Waals surface area contributed by atoms with Crippen LogP contribution in [0.1, 0.15) is 45.1 Å². The smallest absolute Gasteiger partial charge is 0.488 e. The lowest BCUT2D eigenvalue weighted by Gasteiger charge is -2.43. The van der Waals surface area contributed by atoms with Crippen molar-refractivity contribution in [1.82, 2.24) is 0 Å². The SMILES string of the molecule is CCC1=C2[C@@H](CC/C(C)=C/c3cc(Br)ccc3O)OB(O)C[C@@H]2[C@@H]2C(=O)N(c3cccc(B(O)O)c3)C(=O)[C@@H]2C1. The molecule has 3 aliphatic rings. The molecule has 2 aliphatic heterocycles. The first-order valence-electron chi connectivity index (χ1n) is 13.6. The van der Waals surface area contributed by atoms with Crippen LogP contribution in [-0.2, 0) is 14.2 Å². The van der Waals surface area contributed by atoms with Gasteiger partial charge in [0.1, 0.15) is 5.75 Å². The summed E-state index contributed by atoms with van der Waals surface area (Å²) in [5.74, 6) is -1.91. The Morgan fingerprint density at radius 2 is 1.95 bits per heavy atom. The zero-order chi connectivity index (χ0) is 28.7. The minimum absolute atomic E-state index is 0.189. The Kier molecular flexibility index (Phi) is 8.40. The molecule has 208 valence electrons. The molecule has 2 fully saturated rings. The van der Waals surface area contributed by atoms with Crippen LogP contribution in [0.4, 0.5) is 5.69 Å². The number of hydrogen-bond acceptors (Lipinski definition) is 7. The Hall–Kier alpha value is -2.69. The van der Waals surface area contributed by atoms with Gasteiger partial charge in [-0.2, -0.15) is 0 Å². The number of carbonyl (C=O) groups excluding carboxylic acids is 2. The van der Waals surface area contributed by atoms with Crippen LogP contribution >= 0.6 is 15.9 Å². The van der Waals surface area contributed by atoms with Crippen LogP contribution in [-0.4, -0.2) is 52.3 Å². The molecule has 0 radical (unpaired) electrons. The van der Waals surface area contributed by atoms with Gasteiger partial charge in [-0.05, 0) is 86.2 Å². The van der Waals surface area contributed by atoms with E-state index >= 15 is 0 Å². The van der Waals surface area contributed by atoms with Gasteiger partial charge in [0.25, 0.3) is 0 Å². The minimum Gasteiger partial charge on any atom is -0.507 e. The third kappa shape index (κ3) is 5.45. The number of benzene rings is 2. The normalized spacial score (nSPS) is 24.9. The van der Waals surface area contributed by atoms with E-state index in [1.54, 1.807) is 24.3 Å². The van der Waals surface area contributed by atoms with E-state index in [4.69, 9.17) is 4.65 Å². The minimum atomic E-state index is -1.72. The molecule has 2 heterocycles. The molecule has 11 heteroatoms. The fraction of sp³-hybridized carbons (Fsp3) is 0.379. The number of phenols is 1. The van der Waals surface area contributed by atoms with Crippen LogP contribution in [0.2, 0.25) is 6.32 Å². The molecular formula is C29H32B2BrNO7. The zero-order valence-electron chi connectivity index (χ0n) is 22.5. The quantitative estimate of drug-likeness (QED) is 0.216. The van der Waals surface area contributed by atoms with Gasteiger partial charge in [-0.15, -0.1) is 0 Å². The predicted molar refractivity (Wildman–Crippen MR) is 158 cm³/mol. The molecule has 2 aromatic rings. The molecule has 2 amide bonds. The van der Waals surface area contributed by atoms with E-state index < -0.39 is 32.2 Å². The Bertz CT molecular complexity index is 1390. The molecule has 8 nitrogen and oxygen atoms in total. The van der Waals surface area contributed by atoms with Crippen molar-refractivity contribution in [1.29, 1.82) is 0 Å². The molecule has 5 rings (SSSR count). The van der Waals surface area contributed by atoms with E-state index in [1.165, 1.54) is 17.0 Å². The van der Waals surface area contributed by atoms with Gasteiger partial charge >= 0.3 is 14.2 Å². The molecule has 2 saturated heterocycles. The van der Waals surface area contributed by atoms with E-state index in [-0.39, 0.29) is 35.3 Å². The van der Waals surface area contributed by atoms with E-state index in [1.807, 2.05) is 26.0 Å². The van der Waals surface area contributed by atoms with Crippen LogP contribution in [0.3, 0.4) is 0 Å². The van der Waals surface area contributed by atoms with E-state index in [2.05, 4.69) is 15.9 Å². The monoisotopic (exact) mass is 607 g/mol. The van der Waals surface area contributed by atoms with Crippen LogP contribution in [0.15, 0.2) is 63.7 Å². The van der Waals surface area contributed by atoms with Crippen molar-refractivity contribution in [3.63, 3.8) is 0 Å². The van der Waals surface area contributed by atoms with Crippen LogP contribution in [0.25, 0.3) is 6.08 Å². The second-order valence-electron chi connectivity index (χ2n) is 10.9. The highest BCUT2D eigenvalue weighted by molar-refractivity contribution is 9.10. The number of imide groups is 1. The lowest BCUT2D eigenvalue weighted by atomic mass is 9.58. The molecule has 1 aliphatic carbocycles. The van der Waals surface area contributed by atoms with Gasteiger partial charge in [-0.25, -0.2) is 0 Å². The number of phenolic OH excluding ortho intramolecular Hbond substituents is 1. The zero-order valence-corrected chi connectivity index (χ0v) is 24.0. The summed E-state index contributed by atoms with van der Waals surface area (Å²) in [6.45, 7) is 4.02. The third-order valence-electron chi connectivity index (χ3n) is 8.35. The Morgan fingerprint density at radius 1 is 1.18 bits per heavy atom. The van der Waals surface area contributed by atoms with Crippen molar-refractivity contribution < 1.29 is 34.4 Å². The molecule has 4 N–H and O–H groups in total. The lowest BCUT2D eigenvalue weighted by Crippen LogP contribution is -2.46. The van der Waals surface area contributed by atoms with Gasteiger partial charge in [-0.1, -0.05) is 52.2 Å². The average molecular weight is 608 g/mol. The van der Waals surface area contributed by atoms with Gasteiger partial charge in [0.05, 0.1) is 23.6 Å². The highest BCUT2D eigenvalue weighted by atomic mass is 79.9. The van der Waals surface area contributed by atoms with E-state index in [9.17, 15) is 29.8 Å². The first-order chi connectivity index (χ1) is 19.1. The fourth-order valence-corrected chi connectivity index (χ4v) is 6.90. The number of fused-ring (bicyclic) bond motifs is 3. The first kappa shape index (κ1) is 28.8. The van der Waals surface area contributed by atoms with Gasteiger partial charge < -0.3 is 24.8 Å². The number of anilines is 1. The molecule has 0 bridgehead atoms. The highest BCUT2D eigenvalue weighted by Gasteiger charge is 2.57. The lowest BCUT2D eigenvalue weighted by molar-refractivity contribution is -0.122. The summed E-state index contributed by atoms with van der Waals surface area (Å²) in [5.41, 5.74) is 4.37. The fourth-order valence-electron chi connectivity index (χ4n) is 6.52. The number of allylic oxidation sites excluding steroid dienone is 2. The molecule has 0 spiro atoms. The number of hydrogen-bond donors (Lipinski definition) is 4. The Morgan fingerprint density at radius 3 is 2.67 bits per heavy atom. The Balaban J connectivity index is 1.42. The van der Waals surface area contributed by atoms with Crippen molar-refractivity contribution in [3.05, 3.63) is 69.2 Å². The number of nitrogens with zero attached hydrogens (tertiary/aromatic N) is 1. The van der Waals surface area contributed by atoms with Gasteiger partial charge in [0, 0.05) is 10.0 Å². The summed E-state index contributed by atoms with van der Waals surface area (Å²) in [4.78, 5) is 28.6. The molecule has 0 unspecified atom stereocenters. The van der Waals surface area contributed by atoms with Gasteiger partial charge in [0.2, 0.25) is 11.8 Å². The van der Waals surface area contributed by atoms with Crippen molar-refractivity contribution in [2.75, 3.05) is 4.90 Å². The second-order valence-corrected chi connectivity index (χ2v) is 11.8. The Labute approximate surface area is 242 Å². The maximum Gasteiger partial charge on any atom is 0.488 e. The number of aromatic hydroxyl groups is 1. The van der Waals surface area contributed by atoms with Crippen molar-refractivity contribution >= 4 is 59.2 Å². The molecule has 0 saturated carbocycles. The van der Waals surface area contributed by atoms with Crippen LogP contribution in [0.5, 0.6) is 5.75 Å². The van der Waals surface area contributed by atoms with Gasteiger partial charge in [-0.3, -0.25) is 14.5 Å². The molecule has 4 atom stereocenters.